The minimum atomic E-state index is -0.732. The molecule has 126 valence electrons. The number of benzene rings is 1. The Morgan fingerprint density at radius 3 is 2.70 bits per heavy atom. The molecule has 0 radical (unpaired) electrons. The second-order valence-corrected chi connectivity index (χ2v) is 6.71. The fraction of sp³-hybridized carbons (Fsp3) is 0.579. The SMILES string of the molecule is Cc1ccc(CCC(=O)N2CCC[C@@H](CC(=O)O)CC2)c(C)c1. The van der Waals surface area contributed by atoms with Crippen LogP contribution in [0.4, 0.5) is 0 Å². The zero-order chi connectivity index (χ0) is 16.8. The highest BCUT2D eigenvalue weighted by molar-refractivity contribution is 5.76. The molecule has 1 aromatic carbocycles. The number of hydrogen-bond donors (Lipinski definition) is 1. The molecule has 23 heavy (non-hydrogen) atoms. The summed E-state index contributed by atoms with van der Waals surface area (Å²) in [7, 11) is 0. The number of carboxylic acids is 1. The fourth-order valence-corrected chi connectivity index (χ4v) is 3.39. The molecule has 1 N–H and O–H groups in total. The molecule has 4 heteroatoms. The molecule has 1 heterocycles. The number of aryl methyl sites for hydroxylation is 3. The van der Waals surface area contributed by atoms with Gasteiger partial charge in [-0.2, -0.15) is 0 Å². The van der Waals surface area contributed by atoms with Gasteiger partial charge in [0.25, 0.3) is 0 Å². The molecular weight excluding hydrogens is 290 g/mol. The van der Waals surface area contributed by atoms with Gasteiger partial charge in [-0.1, -0.05) is 23.8 Å². The van der Waals surface area contributed by atoms with E-state index in [0.717, 1.165) is 32.2 Å². The average Bonchev–Trinajstić information content (AvgIpc) is 2.71. The van der Waals surface area contributed by atoms with Gasteiger partial charge in [-0.25, -0.2) is 0 Å². The molecule has 1 amide bonds. The predicted octanol–water partition coefficient (Wildman–Crippen LogP) is 3.34. The molecule has 1 aliphatic rings. The first-order valence-electron chi connectivity index (χ1n) is 8.51. The number of amides is 1. The van der Waals surface area contributed by atoms with Crippen LogP contribution >= 0.6 is 0 Å². The molecule has 0 bridgehead atoms. The molecule has 0 aliphatic carbocycles. The first-order valence-corrected chi connectivity index (χ1v) is 8.51. The van der Waals surface area contributed by atoms with Crippen molar-refractivity contribution < 1.29 is 14.7 Å². The van der Waals surface area contributed by atoms with E-state index < -0.39 is 5.97 Å². The van der Waals surface area contributed by atoms with Gasteiger partial charge in [0, 0.05) is 25.9 Å². The van der Waals surface area contributed by atoms with Crippen molar-refractivity contribution in [3.63, 3.8) is 0 Å². The van der Waals surface area contributed by atoms with Gasteiger partial charge in [0.15, 0.2) is 0 Å². The highest BCUT2D eigenvalue weighted by Crippen LogP contribution is 2.21. The third kappa shape index (κ3) is 5.38. The van der Waals surface area contributed by atoms with Crippen molar-refractivity contribution in [2.45, 2.75) is 52.4 Å². The van der Waals surface area contributed by atoms with Crippen molar-refractivity contribution in [3.8, 4) is 0 Å². The van der Waals surface area contributed by atoms with Crippen LogP contribution in [0.25, 0.3) is 0 Å². The molecule has 0 saturated carbocycles. The van der Waals surface area contributed by atoms with E-state index in [2.05, 4.69) is 32.0 Å². The van der Waals surface area contributed by atoms with Gasteiger partial charge in [-0.15, -0.1) is 0 Å². The number of carboxylic acid groups (broad SMARTS) is 1. The van der Waals surface area contributed by atoms with E-state index in [4.69, 9.17) is 5.11 Å². The van der Waals surface area contributed by atoms with Crippen LogP contribution in [-0.4, -0.2) is 35.0 Å². The van der Waals surface area contributed by atoms with Crippen LogP contribution in [0.15, 0.2) is 18.2 Å². The van der Waals surface area contributed by atoms with E-state index in [9.17, 15) is 9.59 Å². The van der Waals surface area contributed by atoms with E-state index >= 15 is 0 Å². The lowest BCUT2D eigenvalue weighted by atomic mass is 9.97. The van der Waals surface area contributed by atoms with E-state index in [0.29, 0.717) is 13.0 Å². The Morgan fingerprint density at radius 1 is 1.22 bits per heavy atom. The van der Waals surface area contributed by atoms with Crippen molar-refractivity contribution in [2.24, 2.45) is 5.92 Å². The summed E-state index contributed by atoms with van der Waals surface area (Å²) < 4.78 is 0. The molecule has 2 rings (SSSR count). The zero-order valence-electron chi connectivity index (χ0n) is 14.2. The number of carbonyl (C=O) groups is 2. The lowest BCUT2D eigenvalue weighted by Gasteiger charge is -2.21. The summed E-state index contributed by atoms with van der Waals surface area (Å²) in [6.07, 6.45) is 4.17. The maximum Gasteiger partial charge on any atom is 0.303 e. The van der Waals surface area contributed by atoms with Gasteiger partial charge >= 0.3 is 5.97 Å². The topological polar surface area (TPSA) is 57.6 Å². The Hall–Kier alpha value is -1.84. The number of likely N-dealkylation sites (tertiary alicyclic amines) is 1. The lowest BCUT2D eigenvalue weighted by Crippen LogP contribution is -2.32. The predicted molar refractivity (Wildman–Crippen MR) is 90.4 cm³/mol. The maximum atomic E-state index is 12.4. The lowest BCUT2D eigenvalue weighted by molar-refractivity contribution is -0.138. The maximum absolute atomic E-state index is 12.4. The molecule has 1 atom stereocenters. The van der Waals surface area contributed by atoms with Crippen molar-refractivity contribution in [1.82, 2.24) is 4.90 Å². The molecule has 0 spiro atoms. The Kier molecular flexibility index (Phi) is 6.20. The minimum Gasteiger partial charge on any atom is -0.481 e. The highest BCUT2D eigenvalue weighted by Gasteiger charge is 2.22. The van der Waals surface area contributed by atoms with E-state index in [-0.39, 0.29) is 18.2 Å². The van der Waals surface area contributed by atoms with Crippen LogP contribution in [-0.2, 0) is 16.0 Å². The second kappa shape index (κ2) is 8.14. The molecule has 0 aromatic heterocycles. The van der Waals surface area contributed by atoms with Crippen LogP contribution in [0.1, 0.15) is 48.8 Å². The molecule has 1 aromatic rings. The van der Waals surface area contributed by atoms with E-state index in [1.54, 1.807) is 0 Å². The summed E-state index contributed by atoms with van der Waals surface area (Å²) in [6.45, 7) is 5.63. The average molecular weight is 317 g/mol. The Bertz CT molecular complexity index is 568. The number of carbonyl (C=O) groups excluding carboxylic acids is 1. The van der Waals surface area contributed by atoms with Gasteiger partial charge in [0.2, 0.25) is 5.91 Å². The summed E-state index contributed by atoms with van der Waals surface area (Å²) in [5, 5.41) is 8.91. The van der Waals surface area contributed by atoms with Gasteiger partial charge in [0.05, 0.1) is 0 Å². The smallest absolute Gasteiger partial charge is 0.303 e. The second-order valence-electron chi connectivity index (χ2n) is 6.71. The Labute approximate surface area is 138 Å². The highest BCUT2D eigenvalue weighted by atomic mass is 16.4. The molecular formula is C19H27NO3. The molecule has 0 unspecified atom stereocenters. The van der Waals surface area contributed by atoms with Crippen LogP contribution in [0, 0.1) is 19.8 Å². The van der Waals surface area contributed by atoms with Crippen LogP contribution in [0.2, 0.25) is 0 Å². The van der Waals surface area contributed by atoms with Crippen molar-refractivity contribution in [2.75, 3.05) is 13.1 Å². The molecule has 1 aliphatic heterocycles. The first-order chi connectivity index (χ1) is 11.0. The van der Waals surface area contributed by atoms with Gasteiger partial charge in [-0.05, 0) is 56.6 Å². The normalized spacial score (nSPS) is 18.5. The van der Waals surface area contributed by atoms with Crippen molar-refractivity contribution in [1.29, 1.82) is 0 Å². The standard InChI is InChI=1S/C19H27NO3/c1-14-5-6-17(15(2)12-14)7-8-18(21)20-10-3-4-16(9-11-20)13-19(22)23/h5-6,12,16H,3-4,7-11,13H2,1-2H3,(H,22,23)/t16-/m1/s1. The summed E-state index contributed by atoms with van der Waals surface area (Å²) in [6, 6.07) is 6.36. The molecule has 1 saturated heterocycles. The monoisotopic (exact) mass is 317 g/mol. The Balaban J connectivity index is 1.84. The summed E-state index contributed by atoms with van der Waals surface area (Å²) in [5.74, 6) is -0.324. The van der Waals surface area contributed by atoms with Gasteiger partial charge in [-0.3, -0.25) is 9.59 Å². The third-order valence-electron chi connectivity index (χ3n) is 4.77. The number of aliphatic carboxylic acids is 1. The van der Waals surface area contributed by atoms with Crippen LogP contribution in [0.3, 0.4) is 0 Å². The first kappa shape index (κ1) is 17.5. The summed E-state index contributed by atoms with van der Waals surface area (Å²) >= 11 is 0. The van der Waals surface area contributed by atoms with E-state index in [1.165, 1.54) is 16.7 Å². The molecule has 1 fully saturated rings. The zero-order valence-corrected chi connectivity index (χ0v) is 14.2. The Morgan fingerprint density at radius 2 is 2.00 bits per heavy atom. The van der Waals surface area contributed by atoms with Crippen LogP contribution < -0.4 is 0 Å². The van der Waals surface area contributed by atoms with Gasteiger partial charge in [0.1, 0.15) is 0 Å². The van der Waals surface area contributed by atoms with Crippen molar-refractivity contribution >= 4 is 11.9 Å². The van der Waals surface area contributed by atoms with Crippen molar-refractivity contribution in [3.05, 3.63) is 34.9 Å². The summed E-state index contributed by atoms with van der Waals surface area (Å²) in [4.78, 5) is 25.2. The largest absolute Gasteiger partial charge is 0.481 e. The number of rotatable bonds is 5. The summed E-state index contributed by atoms with van der Waals surface area (Å²) in [5.41, 5.74) is 3.73. The minimum absolute atomic E-state index is 0.195. The number of hydrogen-bond acceptors (Lipinski definition) is 2. The quantitative estimate of drug-likeness (QED) is 0.906. The van der Waals surface area contributed by atoms with Crippen LogP contribution in [0.5, 0.6) is 0 Å². The molecule has 4 nitrogen and oxygen atoms in total. The van der Waals surface area contributed by atoms with Gasteiger partial charge < -0.3 is 10.0 Å². The third-order valence-corrected chi connectivity index (χ3v) is 4.77. The fourth-order valence-electron chi connectivity index (χ4n) is 3.39. The van der Waals surface area contributed by atoms with E-state index in [1.807, 2.05) is 4.90 Å². The number of nitrogens with zero attached hydrogens (tertiary/aromatic N) is 1.